The third-order valence-corrected chi connectivity index (χ3v) is 20.7. The average molecular weight is 1200 g/mol. The zero-order valence-corrected chi connectivity index (χ0v) is 51.3. The van der Waals surface area contributed by atoms with Crippen LogP contribution in [0, 0.1) is 39.4 Å². The smallest absolute Gasteiger partial charge is 0.726 e. The van der Waals surface area contributed by atoms with Crippen LogP contribution >= 0.6 is 0 Å². The van der Waals surface area contributed by atoms with Crippen molar-refractivity contribution >= 4 is 22.3 Å². The van der Waals surface area contributed by atoms with Gasteiger partial charge in [0.2, 0.25) is 10.4 Å². The summed E-state index contributed by atoms with van der Waals surface area (Å²) in [5, 5.41) is 88.3. The van der Waals surface area contributed by atoms with Crippen molar-refractivity contribution in [2.24, 2.45) is 39.4 Å². The Labute approximate surface area is 500 Å². The van der Waals surface area contributed by atoms with Crippen LogP contribution in [0.25, 0.3) is 0 Å². The first kappa shape index (κ1) is 66.6. The Morgan fingerprint density at radius 1 is 0.793 bits per heavy atom. The molecule has 25 nitrogen and oxygen atoms in total. The SMILES string of the molecule is C=C(C)CCC[C@]1(C)OC(=O)[C@]23CCC4C(=CCC5C(C)(C)[C@@H](OC6OCC(OS(=O)(=O)[O-])C(O)C6OC6OC(C)C(OC7OCC(O)C(OC8OC(CO)C(O)C(OC)C8O)C7O)C(O)C6O)CC[C@]45C)[C@]2(C)C[C@@H](OC(C)=O)[C@@H]31.[Na+]. The van der Waals surface area contributed by atoms with Crippen LogP contribution in [0.4, 0.5) is 0 Å². The van der Waals surface area contributed by atoms with Crippen molar-refractivity contribution in [3.63, 3.8) is 0 Å². The second kappa shape index (κ2) is 24.9. The molecule has 27 atom stereocenters. The number of cyclic esters (lactones) is 1. The fourth-order valence-corrected chi connectivity index (χ4v) is 16.8. The van der Waals surface area contributed by atoms with Gasteiger partial charge in [0.15, 0.2) is 25.2 Å². The largest absolute Gasteiger partial charge is 1.00 e. The molecule has 27 heteroatoms. The Balaban J connectivity index is 0.00000880. The van der Waals surface area contributed by atoms with E-state index in [1.165, 1.54) is 26.5 Å². The maximum atomic E-state index is 14.7. The molecule has 1 spiro atoms. The van der Waals surface area contributed by atoms with E-state index in [4.69, 9.17) is 52.1 Å². The van der Waals surface area contributed by atoms with Gasteiger partial charge in [0.05, 0.1) is 43.4 Å². The van der Waals surface area contributed by atoms with Gasteiger partial charge in [0, 0.05) is 19.4 Å². The molecule has 0 radical (unpaired) electrons. The molecular formula is C55H85NaO25S. The van der Waals surface area contributed by atoms with Crippen LogP contribution in [-0.4, -0.2) is 221 Å². The summed E-state index contributed by atoms with van der Waals surface area (Å²) >= 11 is 0. The number of hydrogen-bond donors (Lipinski definition) is 8. The van der Waals surface area contributed by atoms with Gasteiger partial charge in [-0.2, -0.15) is 0 Å². The van der Waals surface area contributed by atoms with Gasteiger partial charge in [0.25, 0.3) is 0 Å². The standard InChI is InChI=1S/C55H86O25S.Na/c1-24(2)12-11-17-54(9)45-30(73-26(4)57)20-53(8)28-13-14-33-51(5,6)34(16-18-52(33,7)27(28)15-19-55(45,53)50(65)79-54)75-49-44(36(60)32(23-71-49)80-81(66,67)68)78-47-38(62)37(61)41(25(3)72-47)76-46-39(63)42(29(58)22-70-46)77-48-40(64)43(69-10)35(59)31(21-56)74-48;/h13,25,27,29-49,56,58-64H,1,11-12,14-23H2,2-10H3,(H,66,67,68);/q;+1/p-1/t25?,27?,29?,30-,31?,32?,33?,34+,35?,36?,37?,38?,39?,40?,41?,42?,43?,44?,45-,46?,47?,48?,49?,52-,53+,54+,55-;/m1./s1. The molecule has 4 aliphatic carbocycles. The van der Waals surface area contributed by atoms with Gasteiger partial charge in [-0.25, -0.2) is 8.42 Å². The first-order chi connectivity index (χ1) is 37.9. The Morgan fingerprint density at radius 3 is 2.09 bits per heavy atom. The van der Waals surface area contributed by atoms with Crippen molar-refractivity contribution in [1.29, 1.82) is 0 Å². The summed E-state index contributed by atoms with van der Waals surface area (Å²) in [6.45, 7) is 17.6. The molecule has 0 aromatic rings. The zero-order valence-electron chi connectivity index (χ0n) is 48.5. The maximum absolute atomic E-state index is 14.7. The number of allylic oxidation sites excluding steroid dienone is 3. The van der Waals surface area contributed by atoms with Crippen LogP contribution in [-0.2, 0) is 76.3 Å². The molecule has 0 amide bonds. The van der Waals surface area contributed by atoms with Crippen molar-refractivity contribution in [3.8, 4) is 0 Å². The molecule has 8 N–H and O–H groups in total. The van der Waals surface area contributed by atoms with Gasteiger partial charge < -0.3 is 97.5 Å². The summed E-state index contributed by atoms with van der Waals surface area (Å²) in [5.41, 5.74) is -1.19. The van der Waals surface area contributed by atoms with Crippen LogP contribution < -0.4 is 29.6 Å². The summed E-state index contributed by atoms with van der Waals surface area (Å²) in [5.74, 6) is -0.994. The Kier molecular flexibility index (Phi) is 20.2. The van der Waals surface area contributed by atoms with E-state index in [-0.39, 0.29) is 58.7 Å². The van der Waals surface area contributed by atoms with Crippen LogP contribution in [0.3, 0.4) is 0 Å². The van der Waals surface area contributed by atoms with Gasteiger partial charge >= 0.3 is 41.5 Å². The fraction of sp³-hybridized carbons (Fsp3) is 0.891. The molecule has 0 bridgehead atoms. The second-order valence-electron chi connectivity index (χ2n) is 25.6. The quantitative estimate of drug-likeness (QED) is 0.0241. The summed E-state index contributed by atoms with van der Waals surface area (Å²) < 4.78 is 106. The topological polar surface area (TPSA) is 364 Å². The summed E-state index contributed by atoms with van der Waals surface area (Å²) in [6, 6.07) is 0. The normalized spacial score (nSPS) is 49.0. The third kappa shape index (κ3) is 11.8. The monoisotopic (exact) mass is 1200 g/mol. The van der Waals surface area contributed by atoms with Gasteiger partial charge in [-0.15, -0.1) is 6.58 Å². The second-order valence-corrected chi connectivity index (χ2v) is 26.6. The number of fused-ring (bicyclic) bond motifs is 4. The summed E-state index contributed by atoms with van der Waals surface area (Å²) in [6.07, 6.45) is -22.6. The minimum atomic E-state index is -5.41. The molecular weight excluding hydrogens is 1120 g/mol. The van der Waals surface area contributed by atoms with Crippen LogP contribution in [0.15, 0.2) is 23.8 Å². The molecule has 5 saturated heterocycles. The van der Waals surface area contributed by atoms with E-state index in [0.717, 1.165) is 18.4 Å². The van der Waals surface area contributed by atoms with E-state index in [2.05, 4.69) is 44.5 Å². The summed E-state index contributed by atoms with van der Waals surface area (Å²) in [4.78, 5) is 27.4. The van der Waals surface area contributed by atoms with Crippen molar-refractivity contribution in [1.82, 2.24) is 0 Å². The Hall–Kier alpha value is -1.39. The van der Waals surface area contributed by atoms with E-state index in [0.29, 0.717) is 44.9 Å². The van der Waals surface area contributed by atoms with Crippen molar-refractivity contribution in [3.05, 3.63) is 23.8 Å². The van der Waals surface area contributed by atoms with Gasteiger partial charge in [-0.1, -0.05) is 44.9 Å². The first-order valence-electron chi connectivity index (χ1n) is 28.3. The van der Waals surface area contributed by atoms with Crippen LogP contribution in [0.2, 0.25) is 0 Å². The molecule has 3 saturated carbocycles. The van der Waals surface area contributed by atoms with E-state index in [1.54, 1.807) is 0 Å². The Morgan fingerprint density at radius 2 is 1.44 bits per heavy atom. The minimum absolute atomic E-state index is 0. The molecule has 0 aromatic heterocycles. The van der Waals surface area contributed by atoms with Gasteiger partial charge in [-0.05, 0) is 101 Å². The molecule has 462 valence electrons. The number of aliphatic hydroxyl groups is 8. The van der Waals surface area contributed by atoms with Crippen LogP contribution in [0.1, 0.15) is 113 Å². The third-order valence-electron chi connectivity index (χ3n) is 20.2. The number of methoxy groups -OCH3 is 1. The van der Waals surface area contributed by atoms with Crippen LogP contribution in [0.5, 0.6) is 0 Å². The van der Waals surface area contributed by atoms with Gasteiger partial charge in [-0.3, -0.25) is 13.8 Å². The zero-order chi connectivity index (χ0) is 59.3. The fourth-order valence-electron chi connectivity index (χ4n) is 16.4. The van der Waals surface area contributed by atoms with E-state index in [1.807, 2.05) is 13.8 Å². The first-order valence-corrected chi connectivity index (χ1v) is 29.7. The van der Waals surface area contributed by atoms with E-state index >= 15 is 0 Å². The number of rotatable bonds is 17. The molecule has 0 aromatic carbocycles. The number of aliphatic hydroxyl groups excluding tert-OH is 8. The number of esters is 2. The molecule has 9 rings (SSSR count). The molecule has 20 unspecified atom stereocenters. The maximum Gasteiger partial charge on any atom is 1.00 e. The minimum Gasteiger partial charge on any atom is -0.726 e. The van der Waals surface area contributed by atoms with Gasteiger partial charge in [0.1, 0.15) is 91.1 Å². The number of carbonyl (C=O) groups excluding carboxylic acids is 2. The number of hydrogen-bond acceptors (Lipinski definition) is 25. The van der Waals surface area contributed by atoms with Crippen molar-refractivity contribution in [2.45, 2.75) is 242 Å². The molecule has 8 fully saturated rings. The molecule has 82 heavy (non-hydrogen) atoms. The molecule has 5 aliphatic heterocycles. The molecule has 9 aliphatic rings. The predicted octanol–water partition coefficient (Wildman–Crippen LogP) is -2.72. The Bertz CT molecular complexity index is 2450. The molecule has 5 heterocycles. The van der Waals surface area contributed by atoms with Crippen molar-refractivity contribution in [2.75, 3.05) is 26.9 Å². The van der Waals surface area contributed by atoms with Crippen molar-refractivity contribution < 1.29 is 149 Å². The average Bonchev–Trinajstić information content (AvgIpc) is 2.04. The number of carbonyl (C=O) groups is 2. The predicted molar refractivity (Wildman–Crippen MR) is 274 cm³/mol. The van der Waals surface area contributed by atoms with E-state index < -0.39 is 181 Å². The summed E-state index contributed by atoms with van der Waals surface area (Å²) in [7, 11) is -4.20. The van der Waals surface area contributed by atoms with E-state index in [9.17, 15) is 63.4 Å². The number of ether oxygens (including phenoxy) is 11.